The molecular weight excluding hydrogens is 315 g/mol. The molecule has 1 aromatic heterocycles. The molecule has 0 aliphatic heterocycles. The van der Waals surface area contributed by atoms with Crippen molar-refractivity contribution in [2.24, 2.45) is 11.8 Å². The Morgan fingerprint density at radius 1 is 1.16 bits per heavy atom. The fraction of sp³-hybridized carbons (Fsp3) is 0.238. The molecule has 1 amide bonds. The first-order valence-corrected chi connectivity index (χ1v) is 8.48. The minimum Gasteiger partial charge on any atom is -0.310 e. The predicted molar refractivity (Wildman–Crippen MR) is 97.8 cm³/mol. The molecule has 0 unspecified atom stereocenters. The van der Waals surface area contributed by atoms with Gasteiger partial charge in [-0.1, -0.05) is 25.1 Å². The van der Waals surface area contributed by atoms with Crippen molar-refractivity contribution in [3.63, 3.8) is 0 Å². The maximum Gasteiger partial charge on any atom is 0.228 e. The second kappa shape index (κ2) is 5.96. The molecule has 4 heteroatoms. The van der Waals surface area contributed by atoms with Crippen LogP contribution in [0.5, 0.6) is 0 Å². The molecule has 1 saturated carbocycles. The molecule has 0 saturated heterocycles. The number of aryl methyl sites for hydroxylation is 1. The Morgan fingerprint density at radius 3 is 2.72 bits per heavy atom. The third-order valence-electron chi connectivity index (χ3n) is 4.93. The normalized spacial score (nSPS) is 19.0. The Hall–Kier alpha value is -2.75. The van der Waals surface area contributed by atoms with Gasteiger partial charge in [-0.05, 0) is 65.6 Å². The van der Waals surface area contributed by atoms with Gasteiger partial charge in [-0.3, -0.25) is 4.79 Å². The van der Waals surface area contributed by atoms with Crippen LogP contribution in [0.3, 0.4) is 0 Å². The van der Waals surface area contributed by atoms with Crippen LogP contribution in [-0.2, 0) is 4.79 Å². The van der Waals surface area contributed by atoms with E-state index in [1.54, 1.807) is 18.3 Å². The monoisotopic (exact) mass is 334 g/mol. The Morgan fingerprint density at radius 2 is 1.96 bits per heavy atom. The number of aromatic nitrogens is 1. The first-order chi connectivity index (χ1) is 12.0. The molecular formula is C21H19FN2O. The molecule has 1 aliphatic rings. The van der Waals surface area contributed by atoms with Crippen molar-refractivity contribution in [1.29, 1.82) is 0 Å². The number of benzene rings is 2. The number of hydrogen-bond donors (Lipinski definition) is 1. The molecule has 0 spiro atoms. The van der Waals surface area contributed by atoms with E-state index in [9.17, 15) is 9.18 Å². The fourth-order valence-electron chi connectivity index (χ4n) is 3.19. The number of hydrogen-bond acceptors (Lipinski definition) is 2. The molecule has 0 bridgehead atoms. The molecule has 3 aromatic rings. The van der Waals surface area contributed by atoms with E-state index in [1.165, 1.54) is 6.07 Å². The van der Waals surface area contributed by atoms with Crippen LogP contribution < -0.4 is 5.32 Å². The zero-order chi connectivity index (χ0) is 17.6. The highest BCUT2D eigenvalue weighted by atomic mass is 19.1. The summed E-state index contributed by atoms with van der Waals surface area (Å²) in [6.45, 7) is 4.04. The summed E-state index contributed by atoms with van der Waals surface area (Å²) in [5.74, 6) is 0.970. The number of anilines is 1. The van der Waals surface area contributed by atoms with Gasteiger partial charge in [0.25, 0.3) is 0 Å². The van der Waals surface area contributed by atoms with Crippen molar-refractivity contribution in [3.8, 4) is 11.1 Å². The van der Waals surface area contributed by atoms with E-state index in [-0.39, 0.29) is 17.6 Å². The van der Waals surface area contributed by atoms with Crippen LogP contribution in [0.2, 0.25) is 0 Å². The van der Waals surface area contributed by atoms with Gasteiger partial charge in [-0.25, -0.2) is 9.37 Å². The summed E-state index contributed by atoms with van der Waals surface area (Å²) in [5.41, 5.74) is 2.85. The minimum atomic E-state index is -0.244. The van der Waals surface area contributed by atoms with Crippen LogP contribution >= 0.6 is 0 Å². The molecule has 4 rings (SSSR count). The Labute approximate surface area is 145 Å². The average molecular weight is 334 g/mol. The zero-order valence-electron chi connectivity index (χ0n) is 14.2. The quantitative estimate of drug-likeness (QED) is 0.737. The van der Waals surface area contributed by atoms with Crippen molar-refractivity contribution >= 4 is 22.5 Å². The first kappa shape index (κ1) is 15.8. The van der Waals surface area contributed by atoms with Crippen molar-refractivity contribution in [2.75, 3.05) is 5.32 Å². The second-order valence-corrected chi connectivity index (χ2v) is 6.90. The van der Waals surface area contributed by atoms with Crippen molar-refractivity contribution in [2.45, 2.75) is 20.3 Å². The van der Waals surface area contributed by atoms with Gasteiger partial charge in [0, 0.05) is 17.5 Å². The SMILES string of the molecule is Cc1ccc(F)cc1-c1ccc2cc(NC(=O)[C@@H]3C[C@@H]3C)ncc2c1. The molecule has 1 heterocycles. The van der Waals surface area contributed by atoms with Gasteiger partial charge in [-0.2, -0.15) is 0 Å². The number of carbonyl (C=O) groups excluding carboxylic acids is 1. The lowest BCUT2D eigenvalue weighted by Crippen LogP contribution is -2.15. The maximum absolute atomic E-state index is 13.6. The third kappa shape index (κ3) is 3.12. The first-order valence-electron chi connectivity index (χ1n) is 8.48. The Bertz CT molecular complexity index is 983. The van der Waals surface area contributed by atoms with Crippen LogP contribution in [0.1, 0.15) is 18.9 Å². The highest BCUT2D eigenvalue weighted by Gasteiger charge is 2.39. The summed E-state index contributed by atoms with van der Waals surface area (Å²) in [6, 6.07) is 12.6. The number of rotatable bonds is 3. The summed E-state index contributed by atoms with van der Waals surface area (Å²) < 4.78 is 13.6. The molecule has 2 aromatic carbocycles. The van der Waals surface area contributed by atoms with Crippen LogP contribution in [-0.4, -0.2) is 10.9 Å². The van der Waals surface area contributed by atoms with Crippen molar-refractivity contribution in [1.82, 2.24) is 4.98 Å². The molecule has 126 valence electrons. The number of pyridine rings is 1. The van der Waals surface area contributed by atoms with Crippen LogP contribution in [0.25, 0.3) is 21.9 Å². The van der Waals surface area contributed by atoms with E-state index in [0.29, 0.717) is 11.7 Å². The number of carbonyl (C=O) groups is 1. The number of fused-ring (bicyclic) bond motifs is 1. The smallest absolute Gasteiger partial charge is 0.228 e. The standard InChI is InChI=1S/C21H19FN2O/c1-12-3-6-17(22)10-18(12)15-5-4-14-9-20(23-11-16(14)8-15)24-21(25)19-7-13(19)2/h3-6,8-11,13,19H,7H2,1-2H3,(H,23,24,25)/t13-,19+/m0/s1. The average Bonchev–Trinajstić information content (AvgIpc) is 3.33. The number of nitrogens with zero attached hydrogens (tertiary/aromatic N) is 1. The lowest BCUT2D eigenvalue weighted by atomic mass is 9.98. The van der Waals surface area contributed by atoms with Gasteiger partial charge in [0.05, 0.1) is 0 Å². The van der Waals surface area contributed by atoms with E-state index in [1.807, 2.05) is 31.2 Å². The fourth-order valence-corrected chi connectivity index (χ4v) is 3.19. The molecule has 1 fully saturated rings. The van der Waals surface area contributed by atoms with Gasteiger partial charge in [-0.15, -0.1) is 0 Å². The van der Waals surface area contributed by atoms with Gasteiger partial charge < -0.3 is 5.32 Å². The summed E-state index contributed by atoms with van der Waals surface area (Å²) in [4.78, 5) is 16.4. The van der Waals surface area contributed by atoms with Crippen LogP contribution in [0, 0.1) is 24.6 Å². The molecule has 1 aliphatic carbocycles. The zero-order valence-corrected chi connectivity index (χ0v) is 14.2. The highest BCUT2D eigenvalue weighted by Crippen LogP contribution is 2.38. The van der Waals surface area contributed by atoms with E-state index in [2.05, 4.69) is 17.2 Å². The Kier molecular flexibility index (Phi) is 3.75. The van der Waals surface area contributed by atoms with Gasteiger partial charge in [0.15, 0.2) is 0 Å². The summed E-state index contributed by atoms with van der Waals surface area (Å²) in [5, 5.41) is 4.84. The lowest BCUT2D eigenvalue weighted by Gasteiger charge is -2.09. The van der Waals surface area contributed by atoms with Crippen LogP contribution in [0.4, 0.5) is 10.2 Å². The van der Waals surface area contributed by atoms with Crippen molar-refractivity contribution in [3.05, 3.63) is 60.0 Å². The third-order valence-corrected chi connectivity index (χ3v) is 4.93. The van der Waals surface area contributed by atoms with Crippen molar-refractivity contribution < 1.29 is 9.18 Å². The highest BCUT2D eigenvalue weighted by molar-refractivity contribution is 5.96. The maximum atomic E-state index is 13.6. The second-order valence-electron chi connectivity index (χ2n) is 6.90. The largest absolute Gasteiger partial charge is 0.310 e. The van der Waals surface area contributed by atoms with E-state index in [0.717, 1.165) is 33.9 Å². The lowest BCUT2D eigenvalue weighted by molar-refractivity contribution is -0.117. The topological polar surface area (TPSA) is 42.0 Å². The predicted octanol–water partition coefficient (Wildman–Crippen LogP) is 4.94. The number of halogens is 1. The molecule has 25 heavy (non-hydrogen) atoms. The summed E-state index contributed by atoms with van der Waals surface area (Å²) in [6.07, 6.45) is 2.70. The summed E-state index contributed by atoms with van der Waals surface area (Å²) in [7, 11) is 0. The Balaban J connectivity index is 1.64. The number of amides is 1. The van der Waals surface area contributed by atoms with Gasteiger partial charge >= 0.3 is 0 Å². The molecule has 1 N–H and O–H groups in total. The van der Waals surface area contributed by atoms with E-state index >= 15 is 0 Å². The number of nitrogens with one attached hydrogen (secondary N) is 1. The van der Waals surface area contributed by atoms with Gasteiger partial charge in [0.2, 0.25) is 5.91 Å². The van der Waals surface area contributed by atoms with E-state index < -0.39 is 0 Å². The summed E-state index contributed by atoms with van der Waals surface area (Å²) >= 11 is 0. The van der Waals surface area contributed by atoms with E-state index in [4.69, 9.17) is 0 Å². The molecule has 0 radical (unpaired) electrons. The van der Waals surface area contributed by atoms with Gasteiger partial charge in [0.1, 0.15) is 11.6 Å². The van der Waals surface area contributed by atoms with Crippen LogP contribution in [0.15, 0.2) is 48.7 Å². The minimum absolute atomic E-state index is 0.0476. The molecule has 2 atom stereocenters. The molecule has 3 nitrogen and oxygen atoms in total.